The van der Waals surface area contributed by atoms with Crippen LogP contribution in [0.5, 0.6) is 0 Å². The van der Waals surface area contributed by atoms with Gasteiger partial charge >= 0.3 is 29.2 Å². The zero-order chi connectivity index (χ0) is 24.8. The Bertz CT molecular complexity index is 1120. The molecule has 21 heteroatoms. The maximum absolute atomic E-state index is 15.2. The summed E-state index contributed by atoms with van der Waals surface area (Å²) in [6.07, 6.45) is -4.17. The molecule has 1 saturated heterocycles. The van der Waals surface area contributed by atoms with E-state index in [1.165, 1.54) is 6.92 Å². The fourth-order valence-electron chi connectivity index (χ4n) is 2.72. The molecule has 32 heavy (non-hydrogen) atoms. The molecular formula is C11H18FN2O15P3. The van der Waals surface area contributed by atoms with Crippen LogP contribution in [-0.2, 0) is 31.6 Å². The van der Waals surface area contributed by atoms with Crippen molar-refractivity contribution in [2.45, 2.75) is 37.1 Å². The number of H-pyrrole nitrogens is 1. The van der Waals surface area contributed by atoms with E-state index in [-0.39, 0.29) is 0 Å². The van der Waals surface area contributed by atoms with Crippen molar-refractivity contribution in [3.05, 3.63) is 33.1 Å². The summed E-state index contributed by atoms with van der Waals surface area (Å²) in [6.45, 7) is -0.501. The number of nitrogens with zero attached hydrogens (tertiary/aromatic N) is 1. The third kappa shape index (κ3) is 6.07. The lowest BCUT2D eigenvalue weighted by Gasteiger charge is -2.30. The van der Waals surface area contributed by atoms with Crippen molar-refractivity contribution in [2.75, 3.05) is 6.61 Å². The molecule has 6 unspecified atom stereocenters. The van der Waals surface area contributed by atoms with Crippen molar-refractivity contribution in [1.82, 2.24) is 9.55 Å². The first-order valence-electron chi connectivity index (χ1n) is 8.21. The van der Waals surface area contributed by atoms with E-state index >= 15 is 4.39 Å². The molecule has 0 bridgehead atoms. The van der Waals surface area contributed by atoms with E-state index in [0.29, 0.717) is 4.57 Å². The van der Waals surface area contributed by atoms with Crippen LogP contribution < -0.4 is 11.2 Å². The van der Waals surface area contributed by atoms with Gasteiger partial charge in [0.15, 0.2) is 6.23 Å². The minimum absolute atomic E-state index is 0.453. The number of nitrogens with one attached hydrogen (secondary N) is 1. The minimum Gasteiger partial charge on any atom is -0.384 e. The highest BCUT2D eigenvalue weighted by atomic mass is 31.3. The lowest BCUT2D eigenvalue weighted by Crippen LogP contribution is -2.51. The number of hydrogen-bond acceptors (Lipinski definition) is 11. The van der Waals surface area contributed by atoms with Crippen molar-refractivity contribution in [1.29, 1.82) is 0 Å². The van der Waals surface area contributed by atoms with Crippen LogP contribution >= 0.6 is 23.5 Å². The van der Waals surface area contributed by atoms with Gasteiger partial charge in [-0.15, -0.1) is 0 Å². The van der Waals surface area contributed by atoms with Gasteiger partial charge in [-0.3, -0.25) is 18.9 Å². The van der Waals surface area contributed by atoms with E-state index < -0.39 is 71.5 Å². The Kier molecular flexibility index (Phi) is 7.57. The summed E-state index contributed by atoms with van der Waals surface area (Å²) in [7, 11) is -17.3. The highest BCUT2D eigenvalue weighted by Crippen LogP contribution is 2.66. The summed E-state index contributed by atoms with van der Waals surface area (Å²) < 4.78 is 65.3. The number of phosphoric ester groups is 1. The van der Waals surface area contributed by atoms with E-state index in [9.17, 15) is 38.4 Å². The molecule has 17 nitrogen and oxygen atoms in total. The number of aromatic nitrogens is 2. The van der Waals surface area contributed by atoms with Crippen LogP contribution in [-0.4, -0.2) is 63.5 Å². The first-order valence-corrected chi connectivity index (χ1v) is 12.7. The van der Waals surface area contributed by atoms with E-state index in [2.05, 4.69) is 13.1 Å². The Labute approximate surface area is 176 Å². The lowest BCUT2D eigenvalue weighted by molar-refractivity contribution is -0.205. The predicted octanol–water partition coefficient (Wildman–Crippen LogP) is -1.42. The first-order chi connectivity index (χ1) is 14.3. The fourth-order valence-corrected chi connectivity index (χ4v) is 5.76. The van der Waals surface area contributed by atoms with Gasteiger partial charge in [0.1, 0.15) is 18.3 Å². The third-order valence-electron chi connectivity index (χ3n) is 4.13. The highest BCUT2D eigenvalue weighted by Gasteiger charge is 2.65. The summed E-state index contributed by atoms with van der Waals surface area (Å²) in [5.74, 6) is -3.53. The quantitative estimate of drug-likeness (QED) is 0.181. The van der Waals surface area contributed by atoms with Crippen LogP contribution in [0.4, 0.5) is 4.39 Å². The van der Waals surface area contributed by atoms with Crippen molar-refractivity contribution in [3.8, 4) is 0 Å². The Balaban J connectivity index is 2.27. The molecule has 7 N–H and O–H groups in total. The Morgan fingerprint density at radius 1 is 1.19 bits per heavy atom. The molecule has 0 saturated carbocycles. The summed E-state index contributed by atoms with van der Waals surface area (Å²) in [5, 5.41) is 20.9. The molecule has 1 fully saturated rings. The number of aliphatic hydroxyl groups excluding tert-OH is 1. The summed E-state index contributed by atoms with van der Waals surface area (Å²) in [4.78, 5) is 60.4. The van der Waals surface area contributed by atoms with Crippen molar-refractivity contribution >= 4 is 23.5 Å². The van der Waals surface area contributed by atoms with Gasteiger partial charge < -0.3 is 34.5 Å². The van der Waals surface area contributed by atoms with Crippen molar-refractivity contribution in [2.24, 2.45) is 0 Å². The summed E-state index contributed by atoms with van der Waals surface area (Å²) in [5.41, 5.74) is -4.56. The van der Waals surface area contributed by atoms with Gasteiger partial charge in [-0.1, -0.05) is 6.92 Å². The Morgan fingerprint density at radius 3 is 2.28 bits per heavy atom. The first kappa shape index (κ1) is 27.1. The molecule has 0 amide bonds. The van der Waals surface area contributed by atoms with Gasteiger partial charge in [-0.05, 0) is 6.42 Å². The van der Waals surface area contributed by atoms with Gasteiger partial charge in [0.05, 0.1) is 0 Å². The maximum Gasteiger partial charge on any atom is 0.490 e. The predicted molar refractivity (Wildman–Crippen MR) is 96.3 cm³/mol. The molecule has 1 aliphatic rings. The zero-order valence-electron chi connectivity index (χ0n) is 15.7. The van der Waals surface area contributed by atoms with Crippen LogP contribution in [0.3, 0.4) is 0 Å². The number of aliphatic hydroxyl groups is 2. The lowest BCUT2D eigenvalue weighted by atomic mass is 9.90. The number of phosphoric acid groups is 3. The molecule has 2 heterocycles. The fraction of sp³-hybridized carbons (Fsp3) is 0.636. The van der Waals surface area contributed by atoms with Crippen molar-refractivity contribution in [3.63, 3.8) is 0 Å². The van der Waals surface area contributed by atoms with Gasteiger partial charge in [-0.25, -0.2) is 22.9 Å². The minimum atomic E-state index is -5.89. The van der Waals surface area contributed by atoms with Gasteiger partial charge in [0.2, 0.25) is 0 Å². The van der Waals surface area contributed by atoms with E-state index in [4.69, 9.17) is 19.4 Å². The van der Waals surface area contributed by atoms with E-state index in [0.717, 1.165) is 12.3 Å². The SMILES string of the molecule is CCC1(O)C(n2ccc(=O)[nH]c2=O)OC(F)(COP(=O)(O)OP(=O)(O)OP(=O)(O)O)C1O. The zero-order valence-corrected chi connectivity index (χ0v) is 18.4. The normalized spacial score (nSPS) is 32.4. The number of aromatic amines is 1. The second kappa shape index (κ2) is 8.92. The van der Waals surface area contributed by atoms with Crippen LogP contribution in [0.15, 0.2) is 21.9 Å². The molecular weight excluding hydrogens is 512 g/mol. The Morgan fingerprint density at radius 2 is 1.78 bits per heavy atom. The molecule has 0 radical (unpaired) electrons. The van der Waals surface area contributed by atoms with E-state index in [1.807, 2.05) is 0 Å². The van der Waals surface area contributed by atoms with Crippen LogP contribution in [0.2, 0.25) is 0 Å². The second-order valence-corrected chi connectivity index (χ2v) is 10.8. The number of ether oxygens (including phenoxy) is 1. The highest BCUT2D eigenvalue weighted by molar-refractivity contribution is 7.66. The summed E-state index contributed by atoms with van der Waals surface area (Å²) >= 11 is 0. The molecule has 1 aliphatic heterocycles. The molecule has 0 spiro atoms. The second-order valence-electron chi connectivity index (χ2n) is 6.39. The monoisotopic (exact) mass is 530 g/mol. The van der Waals surface area contributed by atoms with Gasteiger partial charge in [-0.2, -0.15) is 8.62 Å². The molecule has 0 aliphatic carbocycles. The van der Waals surface area contributed by atoms with Crippen molar-refractivity contribution < 1.29 is 65.8 Å². The third-order valence-corrected chi connectivity index (χ3v) is 7.91. The topological polar surface area (TPSA) is 264 Å². The molecule has 0 aromatic carbocycles. The maximum atomic E-state index is 15.2. The largest absolute Gasteiger partial charge is 0.490 e. The number of halogens is 1. The molecule has 1 aromatic heterocycles. The molecule has 6 atom stereocenters. The number of alkyl halides is 1. The smallest absolute Gasteiger partial charge is 0.384 e. The standard InChI is InChI=1S/C11H18FN2O15P3/c1-2-10(18)7(16)11(12,27-8(10)14-4-3-6(15)13-9(14)17)5-26-31(22,23)29-32(24,25)28-30(19,20)21/h3-4,7-8,16,18H,2,5H2,1H3,(H,22,23)(H,24,25)(H,13,15,17)(H2,19,20,21). The molecule has 2 rings (SSSR count). The number of hydrogen-bond donors (Lipinski definition) is 7. The average Bonchev–Trinajstić information content (AvgIpc) is 2.80. The van der Waals surface area contributed by atoms with Gasteiger partial charge in [0, 0.05) is 12.3 Å². The molecule has 184 valence electrons. The van der Waals surface area contributed by atoms with Crippen LogP contribution in [0.1, 0.15) is 19.6 Å². The van der Waals surface area contributed by atoms with Gasteiger partial charge in [0.25, 0.3) is 11.4 Å². The van der Waals surface area contributed by atoms with E-state index in [1.54, 1.807) is 4.98 Å². The Hall–Kier alpha value is -1.10. The molecule has 1 aromatic rings. The van der Waals surface area contributed by atoms with Crippen LogP contribution in [0.25, 0.3) is 0 Å². The average molecular weight is 530 g/mol. The number of rotatable bonds is 9. The van der Waals surface area contributed by atoms with Crippen LogP contribution in [0, 0.1) is 0 Å². The summed E-state index contributed by atoms with van der Waals surface area (Å²) in [6, 6.07) is 0.817.